The van der Waals surface area contributed by atoms with Crippen LogP contribution >= 0.6 is 0 Å². The highest BCUT2D eigenvalue weighted by Crippen LogP contribution is 2.34. The summed E-state index contributed by atoms with van der Waals surface area (Å²) in [4.78, 5) is 11.7. The Morgan fingerprint density at radius 2 is 1.89 bits per heavy atom. The number of hydrogen-bond donors (Lipinski definition) is 2. The van der Waals surface area contributed by atoms with Crippen LogP contribution in [0.2, 0.25) is 0 Å². The number of nitrogens with zero attached hydrogens (tertiary/aromatic N) is 2. The predicted molar refractivity (Wildman–Crippen MR) is 101 cm³/mol. The van der Waals surface area contributed by atoms with Gasteiger partial charge < -0.3 is 10.6 Å². The largest absolute Gasteiger partial charge is 0.416 e. The molecule has 3 rings (SSSR count). The fourth-order valence-corrected chi connectivity index (χ4v) is 3.63. The first-order valence-corrected chi connectivity index (χ1v) is 9.17. The van der Waals surface area contributed by atoms with Gasteiger partial charge in [-0.2, -0.15) is 18.3 Å². The molecule has 150 valence electrons. The molecule has 2 N–H and O–H groups in total. The monoisotopic (exact) mass is 392 g/mol. The van der Waals surface area contributed by atoms with Crippen LogP contribution in [0.15, 0.2) is 36.4 Å². The number of carbonyl (C=O) groups is 1. The third kappa shape index (κ3) is 4.05. The molecule has 0 fully saturated rings. The number of allylic oxidation sites excluding steroid dienone is 1. The minimum Gasteiger partial charge on any atom is -0.338 e. The van der Waals surface area contributed by atoms with Gasteiger partial charge in [-0.25, -0.2) is 9.48 Å². The number of alkyl halides is 3. The van der Waals surface area contributed by atoms with Crippen LogP contribution in [-0.2, 0) is 6.18 Å². The highest BCUT2D eigenvalue weighted by molar-refractivity contribution is 5.74. The number of hydrogen-bond acceptors (Lipinski definition) is 2. The number of nitrogens with one attached hydrogen (secondary N) is 2. The van der Waals surface area contributed by atoms with E-state index in [0.29, 0.717) is 12.2 Å². The first kappa shape index (κ1) is 20.0. The van der Waals surface area contributed by atoms with Crippen molar-refractivity contribution in [3.8, 4) is 5.69 Å². The van der Waals surface area contributed by atoms with Crippen LogP contribution < -0.4 is 10.6 Å². The van der Waals surface area contributed by atoms with E-state index < -0.39 is 11.7 Å². The number of carbonyl (C=O) groups excluding carboxylic acids is 1. The Morgan fingerprint density at radius 1 is 1.21 bits per heavy atom. The second-order valence-corrected chi connectivity index (χ2v) is 6.88. The molecule has 8 heteroatoms. The Morgan fingerprint density at radius 3 is 2.50 bits per heavy atom. The molecule has 2 atom stereocenters. The highest BCUT2D eigenvalue weighted by atomic mass is 19.4. The van der Waals surface area contributed by atoms with Crippen LogP contribution in [-0.4, -0.2) is 28.4 Å². The lowest BCUT2D eigenvalue weighted by molar-refractivity contribution is -0.137. The summed E-state index contributed by atoms with van der Waals surface area (Å²) >= 11 is 0. The number of urea groups is 1. The van der Waals surface area contributed by atoms with Gasteiger partial charge in [0.2, 0.25) is 0 Å². The molecule has 5 nitrogen and oxygen atoms in total. The van der Waals surface area contributed by atoms with E-state index in [4.69, 9.17) is 0 Å². The summed E-state index contributed by atoms with van der Waals surface area (Å²) in [5.74, 6) is 0.0927. The summed E-state index contributed by atoms with van der Waals surface area (Å²) in [6.07, 6.45) is 0.371. The average Bonchev–Trinajstić information content (AvgIpc) is 3.18. The fraction of sp³-hybridized carbons (Fsp3) is 0.400. The summed E-state index contributed by atoms with van der Waals surface area (Å²) in [6, 6.07) is 4.71. The zero-order chi connectivity index (χ0) is 20.5. The van der Waals surface area contributed by atoms with E-state index in [1.54, 1.807) is 4.68 Å². The molecule has 1 aromatic heterocycles. The number of benzene rings is 1. The van der Waals surface area contributed by atoms with Crippen LogP contribution in [0.5, 0.6) is 0 Å². The predicted octanol–water partition coefficient (Wildman–Crippen LogP) is 4.24. The Hall–Kier alpha value is -2.77. The summed E-state index contributed by atoms with van der Waals surface area (Å²) in [7, 11) is 0. The molecule has 28 heavy (non-hydrogen) atoms. The summed E-state index contributed by atoms with van der Waals surface area (Å²) in [6.45, 7) is 6.21. The molecular weight excluding hydrogens is 369 g/mol. The van der Waals surface area contributed by atoms with Crippen LogP contribution in [0.25, 0.3) is 5.69 Å². The van der Waals surface area contributed by atoms with E-state index in [1.807, 2.05) is 32.9 Å². The maximum atomic E-state index is 12.8. The van der Waals surface area contributed by atoms with E-state index >= 15 is 0 Å². The molecule has 1 heterocycles. The standard InChI is InChI=1S/C20H23F3N4O/c1-4-24-19(28)25-16-8-5-14(11-16)18-12(2)26-27(13(18)3)17-9-6-15(7-10-17)20(21,22)23/h5-10,14,16H,4,11H2,1-3H3,(H2,24,25,28). The van der Waals surface area contributed by atoms with E-state index in [-0.39, 0.29) is 18.0 Å². The molecule has 0 saturated heterocycles. The summed E-state index contributed by atoms with van der Waals surface area (Å²) in [5.41, 5.74) is 2.64. The first-order valence-electron chi connectivity index (χ1n) is 9.17. The van der Waals surface area contributed by atoms with Crippen LogP contribution in [0.1, 0.15) is 41.8 Å². The van der Waals surface area contributed by atoms with Gasteiger partial charge in [0.1, 0.15) is 0 Å². The third-order valence-electron chi connectivity index (χ3n) is 4.89. The Labute approximate surface area is 161 Å². The molecular formula is C20H23F3N4O. The Bertz CT molecular complexity index is 884. The summed E-state index contributed by atoms with van der Waals surface area (Å²) in [5, 5.41) is 10.2. The van der Waals surface area contributed by atoms with Crippen molar-refractivity contribution in [2.45, 2.75) is 45.3 Å². The van der Waals surface area contributed by atoms with Gasteiger partial charge in [0, 0.05) is 29.8 Å². The third-order valence-corrected chi connectivity index (χ3v) is 4.89. The zero-order valence-corrected chi connectivity index (χ0v) is 16.0. The zero-order valence-electron chi connectivity index (χ0n) is 16.0. The number of amides is 2. The van der Waals surface area contributed by atoms with Gasteiger partial charge in [0.15, 0.2) is 0 Å². The van der Waals surface area contributed by atoms with Gasteiger partial charge in [0.25, 0.3) is 0 Å². The molecule has 2 unspecified atom stereocenters. The molecule has 0 radical (unpaired) electrons. The number of aryl methyl sites for hydroxylation is 1. The van der Waals surface area contributed by atoms with Gasteiger partial charge in [-0.15, -0.1) is 0 Å². The molecule has 1 aliphatic rings. The number of aromatic nitrogens is 2. The quantitative estimate of drug-likeness (QED) is 0.765. The average molecular weight is 392 g/mol. The molecule has 1 aromatic carbocycles. The van der Waals surface area contributed by atoms with Crippen molar-refractivity contribution < 1.29 is 18.0 Å². The molecule has 0 bridgehead atoms. The lowest BCUT2D eigenvalue weighted by atomic mass is 9.96. The number of halogens is 3. The SMILES string of the molecule is CCNC(=O)NC1C=CC(c2c(C)nn(-c3ccc(C(F)(F)F)cc3)c2C)C1. The van der Waals surface area contributed by atoms with Gasteiger partial charge in [-0.3, -0.25) is 0 Å². The molecule has 0 saturated carbocycles. The van der Waals surface area contributed by atoms with Crippen LogP contribution in [0.3, 0.4) is 0 Å². The van der Waals surface area contributed by atoms with Gasteiger partial charge in [-0.05, 0) is 51.5 Å². The second-order valence-electron chi connectivity index (χ2n) is 6.88. The van der Waals surface area contributed by atoms with E-state index in [9.17, 15) is 18.0 Å². The van der Waals surface area contributed by atoms with Crippen molar-refractivity contribution >= 4 is 6.03 Å². The van der Waals surface area contributed by atoms with Crippen molar-refractivity contribution in [2.75, 3.05) is 6.54 Å². The minimum atomic E-state index is -4.36. The highest BCUT2D eigenvalue weighted by Gasteiger charge is 2.30. The van der Waals surface area contributed by atoms with Gasteiger partial charge in [0.05, 0.1) is 16.9 Å². The fourth-order valence-electron chi connectivity index (χ4n) is 3.63. The topological polar surface area (TPSA) is 59.0 Å². The van der Waals surface area contributed by atoms with Crippen molar-refractivity contribution in [1.82, 2.24) is 20.4 Å². The van der Waals surface area contributed by atoms with Crippen molar-refractivity contribution in [3.63, 3.8) is 0 Å². The summed E-state index contributed by atoms with van der Waals surface area (Å²) < 4.78 is 40.0. The smallest absolute Gasteiger partial charge is 0.338 e. The Balaban J connectivity index is 1.80. The maximum Gasteiger partial charge on any atom is 0.416 e. The van der Waals surface area contributed by atoms with Gasteiger partial charge >= 0.3 is 12.2 Å². The lowest BCUT2D eigenvalue weighted by Gasteiger charge is -2.15. The molecule has 0 spiro atoms. The second kappa shape index (κ2) is 7.69. The molecule has 2 aromatic rings. The normalized spacial score (nSPS) is 19.1. The molecule has 1 aliphatic carbocycles. The van der Waals surface area contributed by atoms with Crippen LogP contribution in [0, 0.1) is 13.8 Å². The minimum absolute atomic E-state index is 0.0650. The first-order chi connectivity index (χ1) is 13.2. The Kier molecular flexibility index (Phi) is 5.49. The van der Waals surface area contributed by atoms with E-state index in [1.165, 1.54) is 12.1 Å². The van der Waals surface area contributed by atoms with Crippen molar-refractivity contribution in [2.24, 2.45) is 0 Å². The maximum absolute atomic E-state index is 12.8. The number of rotatable bonds is 4. The molecule has 0 aliphatic heterocycles. The lowest BCUT2D eigenvalue weighted by Crippen LogP contribution is -2.40. The molecule has 2 amide bonds. The van der Waals surface area contributed by atoms with Crippen LogP contribution in [0.4, 0.5) is 18.0 Å². The van der Waals surface area contributed by atoms with E-state index in [0.717, 1.165) is 35.5 Å². The van der Waals surface area contributed by atoms with Crippen molar-refractivity contribution in [3.05, 3.63) is 58.9 Å². The van der Waals surface area contributed by atoms with Crippen molar-refractivity contribution in [1.29, 1.82) is 0 Å². The van der Waals surface area contributed by atoms with Gasteiger partial charge in [-0.1, -0.05) is 12.2 Å². The van der Waals surface area contributed by atoms with E-state index in [2.05, 4.69) is 15.7 Å².